The van der Waals surface area contributed by atoms with Gasteiger partial charge in [-0.05, 0) is 26.2 Å². The molecule has 0 aromatic rings. The van der Waals surface area contributed by atoms with Crippen LogP contribution in [0.15, 0.2) is 0 Å². The van der Waals surface area contributed by atoms with Crippen LogP contribution in [0.1, 0.15) is 107 Å². The number of aliphatic hydroxyl groups is 1. The number of unbranched alkanes of at least 4 members (excludes halogenated alkanes) is 2. The first-order valence-corrected chi connectivity index (χ1v) is 25.7. The van der Waals surface area contributed by atoms with Gasteiger partial charge in [0.05, 0.1) is 58.3 Å². The van der Waals surface area contributed by atoms with Gasteiger partial charge in [0.2, 0.25) is 23.6 Å². The number of carbonyl (C=O) groups excluding carboxylic acids is 4. The molecule has 0 bridgehead atoms. The van der Waals surface area contributed by atoms with Gasteiger partial charge in [-0.25, -0.2) is 0 Å². The first-order chi connectivity index (χ1) is 33.7. The quantitative estimate of drug-likeness (QED) is 0.0350. The molecule has 2 aliphatic heterocycles. The number of carboxylic acids is 3. The van der Waals surface area contributed by atoms with E-state index in [0.29, 0.717) is 59.0 Å². The SMILES string of the molecule is CCCCCC(=O)N[C@H](CCC(=O)N1CC1(C)COCC(C)(C)COC)C(=O)NCC(C)(C)COCC(C)(C)CNC(=O)CCC(C(=O)O)N1CCN(CCO)CCN(CC(=O)O)CCN(CC(=O)O)CC1. The third-order valence-corrected chi connectivity index (χ3v) is 13.0. The molecule has 2 heterocycles. The molecule has 2 rings (SSSR count). The van der Waals surface area contributed by atoms with Crippen LogP contribution in [-0.4, -0.2) is 242 Å². The molecule has 2 fully saturated rings. The summed E-state index contributed by atoms with van der Waals surface area (Å²) >= 11 is 0. The lowest BCUT2D eigenvalue weighted by Crippen LogP contribution is -2.51. The van der Waals surface area contributed by atoms with Gasteiger partial charge in [-0.2, -0.15) is 0 Å². The largest absolute Gasteiger partial charge is 0.480 e. The lowest BCUT2D eigenvalue weighted by atomic mass is 9.92. The summed E-state index contributed by atoms with van der Waals surface area (Å²) < 4.78 is 17.4. The van der Waals surface area contributed by atoms with E-state index in [2.05, 4.69) is 16.0 Å². The Morgan fingerprint density at radius 1 is 0.653 bits per heavy atom. The molecule has 2 saturated heterocycles. The molecule has 72 heavy (non-hydrogen) atoms. The predicted molar refractivity (Wildman–Crippen MR) is 270 cm³/mol. The number of hydrogen-bond donors (Lipinski definition) is 7. The second-order valence-corrected chi connectivity index (χ2v) is 22.3. The minimum absolute atomic E-state index is 0.00884. The van der Waals surface area contributed by atoms with Gasteiger partial charge in [0.15, 0.2) is 0 Å². The van der Waals surface area contributed by atoms with Crippen LogP contribution >= 0.6 is 0 Å². The van der Waals surface area contributed by atoms with Gasteiger partial charge in [0.25, 0.3) is 0 Å². The van der Waals surface area contributed by atoms with Crippen molar-refractivity contribution in [1.29, 1.82) is 0 Å². The number of hydrogen-bond acceptors (Lipinski definition) is 15. The number of carbonyl (C=O) groups is 7. The van der Waals surface area contributed by atoms with E-state index in [1.165, 1.54) is 0 Å². The highest BCUT2D eigenvalue weighted by atomic mass is 16.5. The fourth-order valence-corrected chi connectivity index (χ4v) is 8.51. The minimum atomic E-state index is -1.12. The Kier molecular flexibility index (Phi) is 28.2. The lowest BCUT2D eigenvalue weighted by molar-refractivity contribution is -0.144. The zero-order chi connectivity index (χ0) is 54.1. The highest BCUT2D eigenvalue weighted by Gasteiger charge is 2.51. The topological polar surface area (TPSA) is 280 Å². The van der Waals surface area contributed by atoms with Crippen LogP contribution in [0.4, 0.5) is 0 Å². The average molecular weight is 1030 g/mol. The molecule has 0 aliphatic carbocycles. The van der Waals surface area contributed by atoms with Crippen LogP contribution in [0.3, 0.4) is 0 Å². The zero-order valence-corrected chi connectivity index (χ0v) is 45.1. The maximum absolute atomic E-state index is 13.6. The molecule has 0 aromatic carbocycles. The molecule has 4 amide bonds. The van der Waals surface area contributed by atoms with E-state index in [1.54, 1.807) is 26.7 Å². The molecular formula is C50H92N8O14. The zero-order valence-electron chi connectivity index (χ0n) is 45.1. The summed E-state index contributed by atoms with van der Waals surface area (Å²) in [6, 6.07) is -1.96. The first-order valence-electron chi connectivity index (χ1n) is 25.7. The molecule has 0 spiro atoms. The average Bonchev–Trinajstić information content (AvgIpc) is 3.96. The Labute approximate surface area is 428 Å². The molecule has 7 N–H and O–H groups in total. The smallest absolute Gasteiger partial charge is 0.320 e. The third kappa shape index (κ3) is 26.3. The molecule has 416 valence electrons. The molecular weight excluding hydrogens is 937 g/mol. The van der Waals surface area contributed by atoms with E-state index in [4.69, 9.17) is 14.2 Å². The number of amides is 4. The summed E-state index contributed by atoms with van der Waals surface area (Å²) in [7, 11) is 1.65. The molecule has 2 aliphatic rings. The third-order valence-electron chi connectivity index (χ3n) is 13.0. The Hall–Kier alpha value is -4.03. The number of nitrogens with one attached hydrogen (secondary N) is 3. The number of carboxylic acid groups (broad SMARTS) is 3. The monoisotopic (exact) mass is 1030 g/mol. The second kappa shape index (κ2) is 31.6. The van der Waals surface area contributed by atoms with Crippen LogP contribution in [0, 0.1) is 16.2 Å². The predicted octanol–water partition coefficient (Wildman–Crippen LogP) is 1.04. The van der Waals surface area contributed by atoms with Crippen molar-refractivity contribution in [1.82, 2.24) is 40.4 Å². The summed E-state index contributed by atoms with van der Waals surface area (Å²) in [6.07, 6.45) is 2.93. The number of methoxy groups -OCH3 is 1. The number of β-amino-alcohol motifs (C(OH)–C–C–N with tert-alkyl or cyclic N) is 1. The number of aliphatic hydroxyl groups excluding tert-OH is 1. The van der Waals surface area contributed by atoms with Crippen molar-refractivity contribution in [2.75, 3.05) is 138 Å². The second-order valence-electron chi connectivity index (χ2n) is 22.3. The molecule has 0 radical (unpaired) electrons. The van der Waals surface area contributed by atoms with Crippen molar-refractivity contribution >= 4 is 41.5 Å². The summed E-state index contributed by atoms with van der Waals surface area (Å²) in [5.41, 5.74) is -1.65. The van der Waals surface area contributed by atoms with E-state index in [-0.39, 0.29) is 140 Å². The van der Waals surface area contributed by atoms with Gasteiger partial charge < -0.3 is 55.5 Å². The van der Waals surface area contributed by atoms with Crippen molar-refractivity contribution in [2.24, 2.45) is 16.2 Å². The van der Waals surface area contributed by atoms with Crippen molar-refractivity contribution in [3.05, 3.63) is 0 Å². The Morgan fingerprint density at radius 3 is 1.74 bits per heavy atom. The van der Waals surface area contributed by atoms with Gasteiger partial charge in [-0.1, -0.05) is 61.3 Å². The molecule has 0 saturated carbocycles. The standard InChI is InChI=1S/C50H92N8O14/c1-10-11-12-13-41(61)53-38(14-17-42(62)58-32-50(58,8)37-72-36-49(6,7)33-70-9)45(67)52-31-48(4,5)35-71-34-47(2,3)30-51-40(60)16-15-39(46(68)69)57-24-22-54(26-27-59)18-19-55(28-43(63)64)20-21-56(23-25-57)29-44(65)66/h38-39,59H,10-37H2,1-9H3,(H,51,60)(H,52,67)(H,53,61)(H,63,64)(H,65,66)(H,68,69)/t38-,39?,50?,58?/m1/s1. The number of nitrogens with zero attached hydrogens (tertiary/aromatic N) is 5. The molecule has 0 aromatic heterocycles. The number of aliphatic carboxylic acids is 3. The summed E-state index contributed by atoms with van der Waals surface area (Å²) in [6.45, 7) is 20.7. The highest BCUT2D eigenvalue weighted by molar-refractivity contribution is 5.88. The number of ether oxygens (including phenoxy) is 3. The van der Waals surface area contributed by atoms with Crippen LogP contribution in [0.2, 0.25) is 0 Å². The maximum atomic E-state index is 13.6. The van der Waals surface area contributed by atoms with Crippen LogP contribution in [0.5, 0.6) is 0 Å². The van der Waals surface area contributed by atoms with E-state index < -0.39 is 46.4 Å². The van der Waals surface area contributed by atoms with Crippen molar-refractivity contribution in [2.45, 2.75) is 124 Å². The lowest BCUT2D eigenvalue weighted by Gasteiger charge is -2.35. The molecule has 22 nitrogen and oxygen atoms in total. The Balaban J connectivity index is 1.95. The highest BCUT2D eigenvalue weighted by Crippen LogP contribution is 2.34. The summed E-state index contributed by atoms with van der Waals surface area (Å²) in [5.74, 6) is -4.28. The number of rotatable bonds is 34. The molecule has 3 atom stereocenters. The van der Waals surface area contributed by atoms with Gasteiger partial charge >= 0.3 is 17.9 Å². The fraction of sp³-hybridized carbons (Fsp3) is 0.860. The van der Waals surface area contributed by atoms with Crippen molar-refractivity contribution < 1.29 is 68.2 Å². The maximum Gasteiger partial charge on any atom is 0.320 e. The van der Waals surface area contributed by atoms with E-state index >= 15 is 0 Å². The normalized spacial score (nSPS) is 19.1. The van der Waals surface area contributed by atoms with Crippen molar-refractivity contribution in [3.8, 4) is 0 Å². The van der Waals surface area contributed by atoms with E-state index in [1.807, 2.05) is 60.3 Å². The van der Waals surface area contributed by atoms with Crippen molar-refractivity contribution in [3.63, 3.8) is 0 Å². The summed E-state index contributed by atoms with van der Waals surface area (Å²) in [5, 5.41) is 47.8. The molecule has 2 unspecified atom stereocenters. The Bertz CT molecular complexity index is 1720. The Morgan fingerprint density at radius 2 is 1.19 bits per heavy atom. The van der Waals surface area contributed by atoms with Gasteiger partial charge in [-0.3, -0.25) is 53.2 Å². The summed E-state index contributed by atoms with van der Waals surface area (Å²) in [4.78, 5) is 97.7. The minimum Gasteiger partial charge on any atom is -0.480 e. The van der Waals surface area contributed by atoms with Gasteiger partial charge in [0, 0.05) is 121 Å². The fourth-order valence-electron chi connectivity index (χ4n) is 8.51. The van der Waals surface area contributed by atoms with Gasteiger partial charge in [-0.15, -0.1) is 0 Å². The van der Waals surface area contributed by atoms with E-state index in [0.717, 1.165) is 12.8 Å². The van der Waals surface area contributed by atoms with Crippen LogP contribution < -0.4 is 16.0 Å². The molecule has 22 heteroatoms. The first kappa shape index (κ1) is 64.1. The van der Waals surface area contributed by atoms with Crippen LogP contribution in [0.25, 0.3) is 0 Å². The van der Waals surface area contributed by atoms with E-state index in [9.17, 15) is 54.0 Å². The van der Waals surface area contributed by atoms with Crippen LogP contribution in [-0.2, 0) is 47.8 Å². The van der Waals surface area contributed by atoms with Gasteiger partial charge in [0.1, 0.15) is 12.1 Å².